The Morgan fingerprint density at radius 1 is 1.04 bits per heavy atom. The van der Waals surface area contributed by atoms with E-state index in [1.165, 1.54) is 6.07 Å². The van der Waals surface area contributed by atoms with Crippen molar-refractivity contribution in [1.82, 2.24) is 4.90 Å². The quantitative estimate of drug-likeness (QED) is 0.818. The molecule has 1 unspecified atom stereocenters. The van der Waals surface area contributed by atoms with Crippen molar-refractivity contribution >= 4 is 17.8 Å². The van der Waals surface area contributed by atoms with Gasteiger partial charge in [-0.25, -0.2) is 4.79 Å². The first-order chi connectivity index (χ1) is 12.9. The number of aliphatic carboxylic acids is 1. The molecule has 1 aliphatic rings. The van der Waals surface area contributed by atoms with Crippen molar-refractivity contribution in [2.45, 2.75) is 25.8 Å². The fourth-order valence-corrected chi connectivity index (χ4v) is 3.47. The van der Waals surface area contributed by atoms with Gasteiger partial charge in [0, 0.05) is 13.1 Å². The van der Waals surface area contributed by atoms with E-state index < -0.39 is 17.9 Å². The van der Waals surface area contributed by atoms with Gasteiger partial charge in [-0.3, -0.25) is 9.59 Å². The van der Waals surface area contributed by atoms with Gasteiger partial charge in [0.15, 0.2) is 0 Å². The molecule has 1 atom stereocenters. The second-order valence-electron chi connectivity index (χ2n) is 6.78. The number of fused-ring (bicyclic) bond motifs is 1. The molecule has 1 aliphatic heterocycles. The Balaban J connectivity index is 1.87. The Morgan fingerprint density at radius 3 is 2.44 bits per heavy atom. The summed E-state index contributed by atoms with van der Waals surface area (Å²) in [5.41, 5.74) is 2.85. The van der Waals surface area contributed by atoms with Crippen molar-refractivity contribution in [2.75, 3.05) is 6.54 Å². The van der Waals surface area contributed by atoms with Gasteiger partial charge in [-0.1, -0.05) is 36.4 Å². The van der Waals surface area contributed by atoms with E-state index in [-0.39, 0.29) is 24.3 Å². The molecule has 6 nitrogen and oxygen atoms in total. The van der Waals surface area contributed by atoms with E-state index in [1.54, 1.807) is 17.0 Å². The van der Waals surface area contributed by atoms with E-state index >= 15 is 0 Å². The number of amides is 1. The first-order valence-electron chi connectivity index (χ1n) is 8.83. The van der Waals surface area contributed by atoms with Crippen LogP contribution in [0.25, 0.3) is 0 Å². The van der Waals surface area contributed by atoms with Gasteiger partial charge in [-0.15, -0.1) is 0 Å². The summed E-state index contributed by atoms with van der Waals surface area (Å²) in [7, 11) is 0. The lowest BCUT2D eigenvalue weighted by Crippen LogP contribution is -2.37. The third-order valence-electron chi connectivity index (χ3n) is 4.88. The number of carbonyl (C=O) groups is 3. The Hall–Kier alpha value is -3.15. The number of hydrogen-bond donors (Lipinski definition) is 2. The number of carboxylic acids is 2. The Kier molecular flexibility index (Phi) is 5.54. The number of carboxylic acid groups (broad SMARTS) is 2. The summed E-state index contributed by atoms with van der Waals surface area (Å²) in [6, 6.07) is 14.6. The van der Waals surface area contributed by atoms with Crippen LogP contribution in [0.4, 0.5) is 0 Å². The third-order valence-corrected chi connectivity index (χ3v) is 4.88. The molecule has 0 aliphatic carbocycles. The van der Waals surface area contributed by atoms with Gasteiger partial charge in [-0.05, 0) is 41.7 Å². The van der Waals surface area contributed by atoms with E-state index in [1.807, 2.05) is 30.3 Å². The summed E-state index contributed by atoms with van der Waals surface area (Å²) in [5, 5.41) is 18.4. The lowest BCUT2D eigenvalue weighted by molar-refractivity contribution is -0.144. The van der Waals surface area contributed by atoms with Crippen LogP contribution >= 0.6 is 0 Å². The molecular formula is C21H21NO5. The maximum Gasteiger partial charge on any atom is 0.335 e. The fourth-order valence-electron chi connectivity index (χ4n) is 3.47. The minimum Gasteiger partial charge on any atom is -0.481 e. The molecule has 6 heteroatoms. The number of benzene rings is 2. The van der Waals surface area contributed by atoms with Crippen LogP contribution < -0.4 is 0 Å². The molecule has 2 aromatic rings. The average Bonchev–Trinajstić information content (AvgIpc) is 2.77. The van der Waals surface area contributed by atoms with Gasteiger partial charge in [0.25, 0.3) is 0 Å². The average molecular weight is 367 g/mol. The summed E-state index contributed by atoms with van der Waals surface area (Å²) in [6.45, 7) is 0.843. The smallest absolute Gasteiger partial charge is 0.335 e. The minimum atomic E-state index is -1.04. The lowest BCUT2D eigenvalue weighted by atomic mass is 9.93. The molecule has 0 radical (unpaired) electrons. The van der Waals surface area contributed by atoms with Crippen LogP contribution in [-0.2, 0) is 29.0 Å². The second kappa shape index (κ2) is 8.03. The normalized spacial score (nSPS) is 16.5. The molecule has 0 fully saturated rings. The molecule has 0 saturated carbocycles. The van der Waals surface area contributed by atoms with Crippen LogP contribution in [0.5, 0.6) is 0 Å². The van der Waals surface area contributed by atoms with Gasteiger partial charge < -0.3 is 15.1 Å². The maximum atomic E-state index is 12.9. The number of aromatic carboxylic acids is 1. The third kappa shape index (κ3) is 4.53. The zero-order valence-electron chi connectivity index (χ0n) is 14.8. The topological polar surface area (TPSA) is 94.9 Å². The Morgan fingerprint density at radius 2 is 1.78 bits per heavy atom. The molecule has 0 saturated heterocycles. The highest BCUT2D eigenvalue weighted by molar-refractivity contribution is 5.88. The zero-order chi connectivity index (χ0) is 19.4. The molecule has 2 N–H and O–H groups in total. The van der Waals surface area contributed by atoms with Crippen LogP contribution in [0, 0.1) is 5.92 Å². The molecule has 3 rings (SSSR count). The monoisotopic (exact) mass is 367 g/mol. The van der Waals surface area contributed by atoms with Gasteiger partial charge in [0.05, 0.1) is 17.9 Å². The van der Waals surface area contributed by atoms with E-state index in [0.29, 0.717) is 19.5 Å². The Labute approximate surface area is 157 Å². The molecule has 140 valence electrons. The summed E-state index contributed by atoms with van der Waals surface area (Å²) in [6.07, 6.45) is 0.649. The minimum absolute atomic E-state index is 0.146. The summed E-state index contributed by atoms with van der Waals surface area (Å²) in [5.74, 6) is -2.96. The number of carbonyl (C=O) groups excluding carboxylic acids is 1. The zero-order valence-corrected chi connectivity index (χ0v) is 14.8. The number of rotatable bonds is 6. The van der Waals surface area contributed by atoms with Crippen molar-refractivity contribution in [3.05, 3.63) is 70.8 Å². The van der Waals surface area contributed by atoms with Crippen molar-refractivity contribution in [1.29, 1.82) is 0 Å². The fraction of sp³-hybridized carbons (Fsp3) is 0.286. The lowest BCUT2D eigenvalue weighted by Gasteiger charge is -2.24. The van der Waals surface area contributed by atoms with E-state index in [2.05, 4.69) is 0 Å². The van der Waals surface area contributed by atoms with Crippen molar-refractivity contribution in [3.63, 3.8) is 0 Å². The van der Waals surface area contributed by atoms with Crippen LogP contribution in [-0.4, -0.2) is 39.5 Å². The predicted molar refractivity (Wildman–Crippen MR) is 98.4 cm³/mol. The van der Waals surface area contributed by atoms with E-state index in [4.69, 9.17) is 0 Å². The maximum absolute atomic E-state index is 12.9. The summed E-state index contributed by atoms with van der Waals surface area (Å²) >= 11 is 0. The van der Waals surface area contributed by atoms with Crippen molar-refractivity contribution in [2.24, 2.45) is 5.92 Å². The van der Waals surface area contributed by atoms with Crippen LogP contribution in [0.15, 0.2) is 48.5 Å². The SMILES string of the molecule is O=C(O)CC1Cc2cc(C(=O)O)ccc2CN(CCc2ccccc2)C1=O. The molecule has 0 bridgehead atoms. The standard InChI is InChI=1S/C21H21NO5/c23-19(24)12-18-11-17-10-15(21(26)27)6-7-16(17)13-22(20(18)25)9-8-14-4-2-1-3-5-14/h1-7,10,18H,8-9,11-13H2,(H,23,24)(H,26,27). The number of hydrogen-bond acceptors (Lipinski definition) is 3. The number of nitrogens with zero attached hydrogens (tertiary/aromatic N) is 1. The first-order valence-corrected chi connectivity index (χ1v) is 8.83. The van der Waals surface area contributed by atoms with Gasteiger partial charge in [0.1, 0.15) is 0 Å². The molecule has 0 spiro atoms. The summed E-state index contributed by atoms with van der Waals surface area (Å²) < 4.78 is 0. The molecule has 1 amide bonds. The summed E-state index contributed by atoms with van der Waals surface area (Å²) in [4.78, 5) is 37.1. The van der Waals surface area contributed by atoms with Gasteiger partial charge in [-0.2, -0.15) is 0 Å². The highest BCUT2D eigenvalue weighted by Gasteiger charge is 2.31. The molecular weight excluding hydrogens is 346 g/mol. The van der Waals surface area contributed by atoms with Crippen LogP contribution in [0.3, 0.4) is 0 Å². The first kappa shape index (κ1) is 18.6. The Bertz CT molecular complexity index is 862. The molecule has 0 aromatic heterocycles. The van der Waals surface area contributed by atoms with Crippen molar-refractivity contribution < 1.29 is 24.6 Å². The molecule has 1 heterocycles. The van der Waals surface area contributed by atoms with Gasteiger partial charge in [0.2, 0.25) is 5.91 Å². The van der Waals surface area contributed by atoms with Gasteiger partial charge >= 0.3 is 11.9 Å². The van der Waals surface area contributed by atoms with Crippen molar-refractivity contribution in [3.8, 4) is 0 Å². The van der Waals surface area contributed by atoms with E-state index in [9.17, 15) is 24.6 Å². The van der Waals surface area contributed by atoms with E-state index in [0.717, 1.165) is 16.7 Å². The highest BCUT2D eigenvalue weighted by Crippen LogP contribution is 2.26. The molecule has 2 aromatic carbocycles. The van der Waals surface area contributed by atoms with Crippen LogP contribution in [0.1, 0.15) is 33.5 Å². The highest BCUT2D eigenvalue weighted by atomic mass is 16.4. The van der Waals surface area contributed by atoms with Crippen LogP contribution in [0.2, 0.25) is 0 Å². The largest absolute Gasteiger partial charge is 0.481 e. The second-order valence-corrected chi connectivity index (χ2v) is 6.78. The molecule has 27 heavy (non-hydrogen) atoms. The predicted octanol–water partition coefficient (Wildman–Crippen LogP) is 2.60.